The van der Waals surface area contributed by atoms with Crippen LogP contribution in [0.1, 0.15) is 6.92 Å². The van der Waals surface area contributed by atoms with Crippen LogP contribution in [0.4, 0.5) is 11.4 Å². The Bertz CT molecular complexity index is 386. The van der Waals surface area contributed by atoms with Crippen LogP contribution in [0.15, 0.2) is 16.9 Å². The van der Waals surface area contributed by atoms with E-state index in [2.05, 4.69) is 26.2 Å². The predicted molar refractivity (Wildman–Crippen MR) is 63.6 cm³/mol. The van der Waals surface area contributed by atoms with Gasteiger partial charge in [0.15, 0.2) is 0 Å². The largest absolute Gasteiger partial charge is 0.380 e. The molecular formula is C9H12BrN3O3. The quantitative estimate of drug-likeness (QED) is 0.664. The Morgan fingerprint density at radius 1 is 1.69 bits per heavy atom. The molecule has 1 atom stereocenters. The molecule has 0 saturated heterocycles. The number of rotatable bonds is 5. The molecule has 88 valence electrons. The summed E-state index contributed by atoms with van der Waals surface area (Å²) in [7, 11) is 1.59. The van der Waals surface area contributed by atoms with E-state index in [1.807, 2.05) is 6.92 Å². The van der Waals surface area contributed by atoms with Gasteiger partial charge in [-0.25, -0.2) is 0 Å². The highest BCUT2D eigenvalue weighted by atomic mass is 79.9. The summed E-state index contributed by atoms with van der Waals surface area (Å²) in [5.41, 5.74) is 0.363. The molecular weight excluding hydrogens is 278 g/mol. The molecule has 16 heavy (non-hydrogen) atoms. The lowest BCUT2D eigenvalue weighted by atomic mass is 10.3. The van der Waals surface area contributed by atoms with Gasteiger partial charge in [-0.15, -0.1) is 0 Å². The number of nitro groups is 1. The van der Waals surface area contributed by atoms with Gasteiger partial charge in [0.25, 0.3) is 0 Å². The maximum absolute atomic E-state index is 10.8. The highest BCUT2D eigenvalue weighted by molar-refractivity contribution is 9.10. The van der Waals surface area contributed by atoms with Gasteiger partial charge in [-0.1, -0.05) is 0 Å². The predicted octanol–water partition coefficient (Wildman–Crippen LogP) is 2.20. The first kappa shape index (κ1) is 12.9. The number of nitrogens with one attached hydrogen (secondary N) is 1. The molecule has 0 amide bonds. The summed E-state index contributed by atoms with van der Waals surface area (Å²) >= 11 is 3.22. The van der Waals surface area contributed by atoms with Crippen LogP contribution in [-0.2, 0) is 4.74 Å². The number of aromatic nitrogens is 1. The lowest BCUT2D eigenvalue weighted by Gasteiger charge is -2.12. The lowest BCUT2D eigenvalue weighted by Crippen LogP contribution is -2.18. The molecule has 0 bridgehead atoms. The summed E-state index contributed by atoms with van der Waals surface area (Å²) in [6.07, 6.45) is 2.69. The fourth-order valence-corrected chi connectivity index (χ4v) is 1.53. The fraction of sp³-hybridized carbons (Fsp3) is 0.444. The van der Waals surface area contributed by atoms with Crippen LogP contribution in [0, 0.1) is 10.1 Å². The summed E-state index contributed by atoms with van der Waals surface area (Å²) in [4.78, 5) is 14.0. The minimum absolute atomic E-state index is 0.0281. The Morgan fingerprint density at radius 3 is 2.94 bits per heavy atom. The van der Waals surface area contributed by atoms with Crippen molar-refractivity contribution in [3.8, 4) is 0 Å². The smallest absolute Gasteiger partial charge is 0.311 e. The van der Waals surface area contributed by atoms with Gasteiger partial charge < -0.3 is 10.1 Å². The number of pyridine rings is 1. The Balaban J connectivity index is 2.88. The number of anilines is 1. The summed E-state index contributed by atoms with van der Waals surface area (Å²) in [5.74, 6) is 0. The number of hydrogen-bond acceptors (Lipinski definition) is 5. The zero-order valence-electron chi connectivity index (χ0n) is 8.94. The first-order valence-corrected chi connectivity index (χ1v) is 5.40. The van der Waals surface area contributed by atoms with E-state index in [0.717, 1.165) is 0 Å². The normalized spacial score (nSPS) is 12.2. The zero-order chi connectivity index (χ0) is 12.1. The Hall–Kier alpha value is -1.21. The molecule has 1 aromatic rings. The average Bonchev–Trinajstić information content (AvgIpc) is 2.26. The minimum atomic E-state index is -0.475. The third-order valence-electron chi connectivity index (χ3n) is 2.05. The highest BCUT2D eigenvalue weighted by Gasteiger charge is 2.17. The third-order valence-corrected chi connectivity index (χ3v) is 2.65. The number of nitrogens with zero attached hydrogens (tertiary/aromatic N) is 2. The van der Waals surface area contributed by atoms with Crippen molar-refractivity contribution in [3.63, 3.8) is 0 Å². The number of hydrogen-bond donors (Lipinski definition) is 1. The first-order valence-electron chi connectivity index (χ1n) is 4.60. The topological polar surface area (TPSA) is 77.3 Å². The third kappa shape index (κ3) is 3.14. The molecule has 0 radical (unpaired) electrons. The van der Waals surface area contributed by atoms with Crippen molar-refractivity contribution in [3.05, 3.63) is 27.0 Å². The molecule has 0 aliphatic heterocycles. The van der Waals surface area contributed by atoms with E-state index in [-0.39, 0.29) is 11.8 Å². The van der Waals surface area contributed by atoms with Gasteiger partial charge in [0.2, 0.25) is 0 Å². The van der Waals surface area contributed by atoms with Crippen LogP contribution < -0.4 is 5.32 Å². The van der Waals surface area contributed by atoms with Crippen LogP contribution in [0.3, 0.4) is 0 Å². The van der Waals surface area contributed by atoms with Crippen molar-refractivity contribution < 1.29 is 9.66 Å². The van der Waals surface area contributed by atoms with Crippen molar-refractivity contribution in [1.29, 1.82) is 0 Å². The first-order chi connectivity index (χ1) is 7.56. The molecule has 0 aliphatic carbocycles. The van der Waals surface area contributed by atoms with Crippen molar-refractivity contribution in [2.45, 2.75) is 13.0 Å². The van der Waals surface area contributed by atoms with Gasteiger partial charge in [0.05, 0.1) is 15.5 Å². The van der Waals surface area contributed by atoms with E-state index in [9.17, 15) is 10.1 Å². The van der Waals surface area contributed by atoms with Crippen molar-refractivity contribution in [1.82, 2.24) is 4.98 Å². The highest BCUT2D eigenvalue weighted by Crippen LogP contribution is 2.30. The second-order valence-electron chi connectivity index (χ2n) is 3.20. The summed E-state index contributed by atoms with van der Waals surface area (Å²) in [6.45, 7) is 2.36. The Kier molecular flexibility index (Phi) is 4.63. The zero-order valence-corrected chi connectivity index (χ0v) is 10.5. The van der Waals surface area contributed by atoms with E-state index < -0.39 is 4.92 Å². The minimum Gasteiger partial charge on any atom is -0.380 e. The Labute approximate surface area is 101 Å². The number of ether oxygens (including phenoxy) is 1. The van der Waals surface area contributed by atoms with Gasteiger partial charge >= 0.3 is 5.69 Å². The van der Waals surface area contributed by atoms with Crippen molar-refractivity contribution in [2.75, 3.05) is 19.0 Å². The van der Waals surface area contributed by atoms with E-state index >= 15 is 0 Å². The summed E-state index contributed by atoms with van der Waals surface area (Å²) < 4.78 is 5.61. The molecule has 0 aliphatic rings. The molecule has 0 saturated carbocycles. The summed E-state index contributed by atoms with van der Waals surface area (Å²) in [5, 5.41) is 13.7. The van der Waals surface area contributed by atoms with Crippen molar-refractivity contribution >= 4 is 27.3 Å². The SMILES string of the molecule is COC(C)CNc1c(Br)cncc1[N+](=O)[O-]. The molecule has 0 spiro atoms. The summed E-state index contributed by atoms with van der Waals surface area (Å²) in [6, 6.07) is 0. The van der Waals surface area contributed by atoms with Crippen LogP contribution in [0.25, 0.3) is 0 Å². The molecule has 1 unspecified atom stereocenters. The van der Waals surface area contributed by atoms with E-state index in [1.165, 1.54) is 12.4 Å². The van der Waals surface area contributed by atoms with Crippen LogP contribution >= 0.6 is 15.9 Å². The number of halogens is 1. The molecule has 1 N–H and O–H groups in total. The van der Waals surface area contributed by atoms with E-state index in [1.54, 1.807) is 7.11 Å². The van der Waals surface area contributed by atoms with Crippen LogP contribution in [-0.4, -0.2) is 29.7 Å². The van der Waals surface area contributed by atoms with E-state index in [4.69, 9.17) is 4.74 Å². The maximum atomic E-state index is 10.8. The maximum Gasteiger partial charge on any atom is 0.311 e. The molecule has 0 fully saturated rings. The molecule has 6 nitrogen and oxygen atoms in total. The van der Waals surface area contributed by atoms with Crippen LogP contribution in [0.5, 0.6) is 0 Å². The molecule has 1 rings (SSSR count). The van der Waals surface area contributed by atoms with Crippen LogP contribution in [0.2, 0.25) is 0 Å². The monoisotopic (exact) mass is 289 g/mol. The molecule has 7 heteroatoms. The number of methoxy groups -OCH3 is 1. The van der Waals surface area contributed by atoms with Gasteiger partial charge in [0, 0.05) is 19.9 Å². The van der Waals surface area contributed by atoms with Gasteiger partial charge in [0.1, 0.15) is 11.9 Å². The van der Waals surface area contributed by atoms with E-state index in [0.29, 0.717) is 16.7 Å². The molecule has 1 aromatic heterocycles. The fourth-order valence-electron chi connectivity index (χ4n) is 1.07. The molecule has 0 aromatic carbocycles. The van der Waals surface area contributed by atoms with Gasteiger partial charge in [-0.3, -0.25) is 15.1 Å². The second kappa shape index (κ2) is 5.76. The second-order valence-corrected chi connectivity index (χ2v) is 4.05. The van der Waals surface area contributed by atoms with Gasteiger partial charge in [-0.05, 0) is 22.9 Å². The van der Waals surface area contributed by atoms with Crippen molar-refractivity contribution in [2.24, 2.45) is 0 Å². The standard InChI is InChI=1S/C9H12BrN3O3/c1-6(16-2)3-12-9-7(10)4-11-5-8(9)13(14)15/h4-6H,3H2,1-2H3,(H,11,12). The lowest BCUT2D eigenvalue weighted by molar-refractivity contribution is -0.384. The Morgan fingerprint density at radius 2 is 2.38 bits per heavy atom. The average molecular weight is 290 g/mol. The molecule has 1 heterocycles. The van der Waals surface area contributed by atoms with Gasteiger partial charge in [-0.2, -0.15) is 0 Å².